The largest absolute Gasteiger partial charge is 0.353 e. The van der Waals surface area contributed by atoms with Crippen molar-refractivity contribution in [3.8, 4) is 6.07 Å². The standard InChI is InChI=1S/C30H28N6O2/c31-20-25(29(37)32-21-23-9-3-1-4-10-23)19-26-28(33-27-13-7-8-14-36(27)30(26)38)35-17-15-34(16-18-35)22-24-11-5-2-6-12-24/h1-14,19H,15-18,21-22H2,(H,32,37)/b25-19+. The molecule has 1 saturated heterocycles. The van der Waals surface area contributed by atoms with Gasteiger partial charge in [-0.3, -0.25) is 18.9 Å². The van der Waals surface area contributed by atoms with Crippen molar-refractivity contribution < 1.29 is 4.79 Å². The van der Waals surface area contributed by atoms with Gasteiger partial charge in [-0.15, -0.1) is 0 Å². The minimum Gasteiger partial charge on any atom is -0.353 e. The van der Waals surface area contributed by atoms with Crippen LogP contribution in [0.4, 0.5) is 5.82 Å². The van der Waals surface area contributed by atoms with Crippen molar-refractivity contribution >= 4 is 23.4 Å². The van der Waals surface area contributed by atoms with Gasteiger partial charge in [-0.25, -0.2) is 4.98 Å². The van der Waals surface area contributed by atoms with Gasteiger partial charge >= 0.3 is 0 Å². The number of piperazine rings is 1. The third-order valence-electron chi connectivity index (χ3n) is 6.62. The van der Waals surface area contributed by atoms with Crippen LogP contribution in [0.1, 0.15) is 16.7 Å². The summed E-state index contributed by atoms with van der Waals surface area (Å²) in [5.74, 6) is -0.0447. The van der Waals surface area contributed by atoms with Crippen LogP contribution in [-0.2, 0) is 17.9 Å². The average molecular weight is 505 g/mol. The summed E-state index contributed by atoms with van der Waals surface area (Å²) in [4.78, 5) is 35.7. The quantitative estimate of drug-likeness (QED) is 0.307. The lowest BCUT2D eigenvalue weighted by Crippen LogP contribution is -2.47. The van der Waals surface area contributed by atoms with Gasteiger partial charge in [-0.1, -0.05) is 66.7 Å². The van der Waals surface area contributed by atoms with Gasteiger partial charge in [-0.05, 0) is 29.3 Å². The normalized spacial score (nSPS) is 14.3. The van der Waals surface area contributed by atoms with E-state index in [0.717, 1.165) is 25.2 Å². The number of aromatic nitrogens is 2. The van der Waals surface area contributed by atoms with Crippen LogP contribution in [0.5, 0.6) is 0 Å². The molecule has 2 aromatic carbocycles. The Hall–Kier alpha value is -4.74. The number of anilines is 1. The number of hydrogen-bond donors (Lipinski definition) is 1. The molecule has 1 amide bonds. The number of rotatable bonds is 7. The molecule has 0 unspecified atom stereocenters. The molecule has 1 aliphatic rings. The Morgan fingerprint density at radius 1 is 0.921 bits per heavy atom. The van der Waals surface area contributed by atoms with Crippen LogP contribution in [0, 0.1) is 11.3 Å². The summed E-state index contributed by atoms with van der Waals surface area (Å²) in [5, 5.41) is 12.6. The highest BCUT2D eigenvalue weighted by Crippen LogP contribution is 2.21. The highest BCUT2D eigenvalue weighted by Gasteiger charge is 2.23. The zero-order valence-corrected chi connectivity index (χ0v) is 21.0. The Morgan fingerprint density at radius 2 is 1.58 bits per heavy atom. The maximum absolute atomic E-state index is 13.6. The minimum atomic E-state index is -0.535. The molecular formula is C30H28N6O2. The van der Waals surface area contributed by atoms with Gasteiger partial charge in [0.25, 0.3) is 11.5 Å². The monoisotopic (exact) mass is 504 g/mol. The first kappa shape index (κ1) is 24.9. The van der Waals surface area contributed by atoms with Crippen molar-refractivity contribution in [1.29, 1.82) is 5.26 Å². The summed E-state index contributed by atoms with van der Waals surface area (Å²) in [5.41, 5.74) is 2.46. The van der Waals surface area contributed by atoms with E-state index in [0.29, 0.717) is 24.6 Å². The number of amides is 1. The van der Waals surface area contributed by atoms with Crippen LogP contribution >= 0.6 is 0 Å². The van der Waals surface area contributed by atoms with Crippen LogP contribution in [-0.4, -0.2) is 46.4 Å². The zero-order chi connectivity index (χ0) is 26.3. The molecule has 4 aromatic rings. The molecule has 2 aromatic heterocycles. The maximum Gasteiger partial charge on any atom is 0.267 e. The van der Waals surface area contributed by atoms with Crippen LogP contribution in [0.15, 0.2) is 95.4 Å². The van der Waals surface area contributed by atoms with E-state index in [2.05, 4.69) is 27.2 Å². The molecular weight excluding hydrogens is 476 g/mol. The zero-order valence-electron chi connectivity index (χ0n) is 21.0. The van der Waals surface area contributed by atoms with Crippen LogP contribution in [0.2, 0.25) is 0 Å². The van der Waals surface area contributed by atoms with E-state index in [4.69, 9.17) is 4.98 Å². The number of nitrogens with zero attached hydrogens (tertiary/aromatic N) is 5. The van der Waals surface area contributed by atoms with E-state index in [1.807, 2.05) is 60.7 Å². The Bertz CT molecular complexity index is 1550. The van der Waals surface area contributed by atoms with Crippen LogP contribution in [0.3, 0.4) is 0 Å². The third kappa shape index (κ3) is 5.64. The Kier molecular flexibility index (Phi) is 7.57. The van der Waals surface area contributed by atoms with Crippen LogP contribution < -0.4 is 15.8 Å². The summed E-state index contributed by atoms with van der Waals surface area (Å²) in [6, 6.07) is 27.1. The van der Waals surface area contributed by atoms with E-state index in [1.165, 1.54) is 16.0 Å². The SMILES string of the molecule is N#C/C(=C\c1c(N2CCN(Cc3ccccc3)CC2)nc2ccccn2c1=O)C(=O)NCc1ccccc1. The minimum absolute atomic E-state index is 0.139. The van der Waals surface area contributed by atoms with E-state index in [-0.39, 0.29) is 23.2 Å². The number of carbonyl (C=O) groups is 1. The highest BCUT2D eigenvalue weighted by atomic mass is 16.1. The summed E-state index contributed by atoms with van der Waals surface area (Å²) in [6.07, 6.45) is 3.02. The van der Waals surface area contributed by atoms with Gasteiger partial charge < -0.3 is 10.2 Å². The molecule has 1 N–H and O–H groups in total. The number of nitrogens with one attached hydrogen (secondary N) is 1. The molecule has 3 heterocycles. The average Bonchev–Trinajstić information content (AvgIpc) is 2.97. The van der Waals surface area contributed by atoms with E-state index in [1.54, 1.807) is 18.3 Å². The molecule has 0 saturated carbocycles. The van der Waals surface area contributed by atoms with Gasteiger partial charge in [-0.2, -0.15) is 5.26 Å². The molecule has 190 valence electrons. The maximum atomic E-state index is 13.6. The molecule has 0 atom stereocenters. The van der Waals surface area contributed by atoms with Gasteiger partial charge in [0, 0.05) is 45.5 Å². The summed E-state index contributed by atoms with van der Waals surface area (Å²) in [6.45, 7) is 4.09. The van der Waals surface area contributed by atoms with E-state index < -0.39 is 5.91 Å². The fourth-order valence-corrected chi connectivity index (χ4v) is 4.58. The summed E-state index contributed by atoms with van der Waals surface area (Å²) in [7, 11) is 0. The van der Waals surface area contributed by atoms with Gasteiger partial charge in [0.2, 0.25) is 0 Å². The summed E-state index contributed by atoms with van der Waals surface area (Å²) < 4.78 is 1.44. The molecule has 5 rings (SSSR count). The van der Waals surface area contributed by atoms with Crippen molar-refractivity contribution in [1.82, 2.24) is 19.6 Å². The Morgan fingerprint density at radius 3 is 2.26 bits per heavy atom. The molecule has 0 spiro atoms. The van der Waals surface area contributed by atoms with Gasteiger partial charge in [0.05, 0.1) is 5.56 Å². The van der Waals surface area contributed by atoms with E-state index >= 15 is 0 Å². The first-order valence-electron chi connectivity index (χ1n) is 12.6. The molecule has 8 nitrogen and oxygen atoms in total. The van der Waals surface area contributed by atoms with E-state index in [9.17, 15) is 14.9 Å². The lowest BCUT2D eigenvalue weighted by molar-refractivity contribution is -0.117. The van der Waals surface area contributed by atoms with Crippen molar-refractivity contribution in [2.24, 2.45) is 0 Å². The number of nitriles is 1. The second kappa shape index (κ2) is 11.5. The predicted molar refractivity (Wildman–Crippen MR) is 147 cm³/mol. The van der Waals surface area contributed by atoms with Crippen molar-refractivity contribution in [2.45, 2.75) is 13.1 Å². The fraction of sp³-hybridized carbons (Fsp3) is 0.200. The first-order chi connectivity index (χ1) is 18.6. The molecule has 0 radical (unpaired) electrons. The highest BCUT2D eigenvalue weighted by molar-refractivity contribution is 6.02. The van der Waals surface area contributed by atoms with Crippen molar-refractivity contribution in [3.63, 3.8) is 0 Å². The first-order valence-corrected chi connectivity index (χ1v) is 12.6. The van der Waals surface area contributed by atoms with Crippen molar-refractivity contribution in [2.75, 3.05) is 31.1 Å². The second-order valence-electron chi connectivity index (χ2n) is 9.17. The van der Waals surface area contributed by atoms with Gasteiger partial charge in [0.1, 0.15) is 23.1 Å². The molecule has 38 heavy (non-hydrogen) atoms. The number of hydrogen-bond acceptors (Lipinski definition) is 6. The molecule has 0 bridgehead atoms. The fourth-order valence-electron chi connectivity index (χ4n) is 4.58. The predicted octanol–water partition coefficient (Wildman–Crippen LogP) is 3.24. The molecule has 8 heteroatoms. The number of benzene rings is 2. The topological polar surface area (TPSA) is 93.7 Å². The van der Waals surface area contributed by atoms with Gasteiger partial charge in [0.15, 0.2) is 0 Å². The summed E-state index contributed by atoms with van der Waals surface area (Å²) >= 11 is 0. The lowest BCUT2D eigenvalue weighted by atomic mass is 10.1. The third-order valence-corrected chi connectivity index (χ3v) is 6.62. The number of fused-ring (bicyclic) bond motifs is 1. The second-order valence-corrected chi connectivity index (χ2v) is 9.17. The smallest absolute Gasteiger partial charge is 0.267 e. The van der Waals surface area contributed by atoms with Crippen LogP contribution in [0.25, 0.3) is 11.7 Å². The Balaban J connectivity index is 1.42. The number of pyridine rings is 1. The molecule has 1 aliphatic heterocycles. The number of carbonyl (C=O) groups excluding carboxylic acids is 1. The Labute approximate surface area is 221 Å². The lowest BCUT2D eigenvalue weighted by Gasteiger charge is -2.36. The molecule has 0 aliphatic carbocycles. The van der Waals surface area contributed by atoms with Crippen molar-refractivity contribution in [3.05, 3.63) is 118 Å². The molecule has 1 fully saturated rings.